The van der Waals surface area contributed by atoms with Gasteiger partial charge in [0, 0.05) is 12.3 Å². The first-order valence-electron chi connectivity index (χ1n) is 9.77. The van der Waals surface area contributed by atoms with Gasteiger partial charge in [0.15, 0.2) is 11.5 Å². The van der Waals surface area contributed by atoms with Crippen LogP contribution in [0, 0.1) is 23.2 Å². The fourth-order valence-electron chi connectivity index (χ4n) is 4.51. The summed E-state index contributed by atoms with van der Waals surface area (Å²) in [6.45, 7) is 9.49. The van der Waals surface area contributed by atoms with E-state index in [-0.39, 0.29) is 5.92 Å². The topological polar surface area (TPSA) is 35.5 Å². The highest BCUT2D eigenvalue weighted by Crippen LogP contribution is 2.45. The van der Waals surface area contributed by atoms with Gasteiger partial charge in [0.1, 0.15) is 5.78 Å². The molecule has 1 fully saturated rings. The van der Waals surface area contributed by atoms with E-state index in [0.29, 0.717) is 36.2 Å². The third-order valence-corrected chi connectivity index (χ3v) is 6.04. The number of carbonyl (C=O) groups is 1. The number of Topliss-reactive ketones (excluding diaryl/α,β-unsaturated/α-hetero) is 1. The number of hydrogen-bond acceptors (Lipinski definition) is 3. The summed E-state index contributed by atoms with van der Waals surface area (Å²) in [6, 6.07) is 6.10. The molecule has 0 spiro atoms. The summed E-state index contributed by atoms with van der Waals surface area (Å²) >= 11 is 0. The van der Waals surface area contributed by atoms with Crippen LogP contribution in [0.4, 0.5) is 0 Å². The van der Waals surface area contributed by atoms with E-state index in [1.165, 1.54) is 18.4 Å². The Hall–Kier alpha value is -1.51. The maximum Gasteiger partial charge on any atom is 0.231 e. The van der Waals surface area contributed by atoms with Crippen LogP contribution in [0.1, 0.15) is 65.4 Å². The summed E-state index contributed by atoms with van der Waals surface area (Å²) in [6.07, 6.45) is 6.03. The number of ether oxygens (including phenoxy) is 2. The first kappa shape index (κ1) is 18.3. The van der Waals surface area contributed by atoms with Crippen LogP contribution >= 0.6 is 0 Å². The minimum Gasteiger partial charge on any atom is -0.454 e. The molecule has 1 saturated carbocycles. The van der Waals surface area contributed by atoms with E-state index in [1.807, 2.05) is 12.1 Å². The molecule has 2 unspecified atom stereocenters. The predicted octanol–water partition coefficient (Wildman–Crippen LogP) is 5.41. The van der Waals surface area contributed by atoms with Gasteiger partial charge in [-0.1, -0.05) is 33.8 Å². The second-order valence-electron chi connectivity index (χ2n) is 8.93. The SMILES string of the molecule is CC(C)C1CCC(C)(C)CC1C(=O)CCCc1ccc2c(c1)OCO2. The molecule has 3 rings (SSSR count). The lowest BCUT2D eigenvalue weighted by atomic mass is 9.62. The second-order valence-corrected chi connectivity index (χ2v) is 8.93. The van der Waals surface area contributed by atoms with Crippen molar-refractivity contribution in [3.05, 3.63) is 23.8 Å². The molecule has 2 aliphatic rings. The van der Waals surface area contributed by atoms with Gasteiger partial charge in [-0.15, -0.1) is 0 Å². The van der Waals surface area contributed by atoms with Crippen molar-refractivity contribution in [2.75, 3.05) is 6.79 Å². The van der Waals surface area contributed by atoms with E-state index in [4.69, 9.17) is 9.47 Å². The average Bonchev–Trinajstić information content (AvgIpc) is 3.01. The third-order valence-electron chi connectivity index (χ3n) is 6.04. The molecule has 0 amide bonds. The van der Waals surface area contributed by atoms with Crippen LogP contribution in [0.15, 0.2) is 18.2 Å². The van der Waals surface area contributed by atoms with Crippen LogP contribution in [0.25, 0.3) is 0 Å². The monoisotopic (exact) mass is 344 g/mol. The predicted molar refractivity (Wildman–Crippen MR) is 100.0 cm³/mol. The van der Waals surface area contributed by atoms with Crippen molar-refractivity contribution in [2.45, 2.75) is 66.2 Å². The summed E-state index contributed by atoms with van der Waals surface area (Å²) in [4.78, 5) is 12.9. The van der Waals surface area contributed by atoms with Gasteiger partial charge in [-0.2, -0.15) is 0 Å². The Balaban J connectivity index is 1.55. The number of fused-ring (bicyclic) bond motifs is 1. The Kier molecular flexibility index (Phi) is 5.41. The molecule has 1 aromatic carbocycles. The Bertz CT molecular complexity index is 618. The Morgan fingerprint density at radius 2 is 2.00 bits per heavy atom. The van der Waals surface area contributed by atoms with Crippen LogP contribution in [-0.2, 0) is 11.2 Å². The molecular formula is C22H32O3. The molecule has 0 saturated heterocycles. The highest BCUT2D eigenvalue weighted by atomic mass is 16.7. The average molecular weight is 344 g/mol. The molecule has 1 aliphatic carbocycles. The van der Waals surface area contributed by atoms with Crippen LogP contribution in [-0.4, -0.2) is 12.6 Å². The first-order valence-corrected chi connectivity index (χ1v) is 9.77. The van der Waals surface area contributed by atoms with Crippen molar-refractivity contribution in [2.24, 2.45) is 23.2 Å². The highest BCUT2D eigenvalue weighted by molar-refractivity contribution is 5.81. The number of aryl methyl sites for hydroxylation is 1. The molecule has 1 aromatic rings. The molecule has 0 aromatic heterocycles. The largest absolute Gasteiger partial charge is 0.454 e. The van der Waals surface area contributed by atoms with Crippen molar-refractivity contribution in [3.8, 4) is 11.5 Å². The molecule has 3 nitrogen and oxygen atoms in total. The molecule has 0 bridgehead atoms. The number of hydrogen-bond donors (Lipinski definition) is 0. The van der Waals surface area contributed by atoms with E-state index in [2.05, 4.69) is 33.8 Å². The standard InChI is InChI=1S/C22H32O3/c1-15(2)17-10-11-22(3,4)13-18(17)19(23)7-5-6-16-8-9-20-21(12-16)25-14-24-20/h8-9,12,15,17-18H,5-7,10-11,13-14H2,1-4H3. The second kappa shape index (κ2) is 7.39. The Morgan fingerprint density at radius 1 is 1.24 bits per heavy atom. The van der Waals surface area contributed by atoms with Gasteiger partial charge in [-0.05, 0) is 67.1 Å². The zero-order chi connectivity index (χ0) is 18.0. The molecule has 1 aliphatic heterocycles. The van der Waals surface area contributed by atoms with Gasteiger partial charge in [0.05, 0.1) is 0 Å². The summed E-state index contributed by atoms with van der Waals surface area (Å²) in [5, 5.41) is 0. The van der Waals surface area contributed by atoms with E-state index >= 15 is 0 Å². The number of carbonyl (C=O) groups excluding carboxylic acids is 1. The van der Waals surface area contributed by atoms with Gasteiger partial charge in [-0.3, -0.25) is 4.79 Å². The van der Waals surface area contributed by atoms with Gasteiger partial charge in [0.25, 0.3) is 0 Å². The van der Waals surface area contributed by atoms with Crippen molar-refractivity contribution < 1.29 is 14.3 Å². The lowest BCUT2D eigenvalue weighted by Gasteiger charge is -2.42. The van der Waals surface area contributed by atoms with Crippen LogP contribution in [0.3, 0.4) is 0 Å². The Morgan fingerprint density at radius 3 is 2.76 bits per heavy atom. The van der Waals surface area contributed by atoms with Gasteiger partial charge >= 0.3 is 0 Å². The van der Waals surface area contributed by atoms with E-state index < -0.39 is 0 Å². The molecule has 138 valence electrons. The number of benzene rings is 1. The molecule has 25 heavy (non-hydrogen) atoms. The highest BCUT2D eigenvalue weighted by Gasteiger charge is 2.39. The number of rotatable bonds is 6. The minimum atomic E-state index is 0.250. The molecule has 3 heteroatoms. The lowest BCUT2D eigenvalue weighted by molar-refractivity contribution is -0.128. The minimum absolute atomic E-state index is 0.250. The van der Waals surface area contributed by atoms with E-state index in [1.54, 1.807) is 0 Å². The van der Waals surface area contributed by atoms with Gasteiger partial charge in [-0.25, -0.2) is 0 Å². The maximum atomic E-state index is 12.9. The first-order chi connectivity index (χ1) is 11.9. The lowest BCUT2D eigenvalue weighted by Crippen LogP contribution is -2.37. The molecule has 0 radical (unpaired) electrons. The zero-order valence-corrected chi connectivity index (χ0v) is 16.1. The molecular weight excluding hydrogens is 312 g/mol. The summed E-state index contributed by atoms with van der Waals surface area (Å²) in [7, 11) is 0. The zero-order valence-electron chi connectivity index (χ0n) is 16.1. The normalized spacial score (nSPS) is 24.5. The molecule has 1 heterocycles. The summed E-state index contributed by atoms with van der Waals surface area (Å²) < 4.78 is 10.8. The maximum absolute atomic E-state index is 12.9. The van der Waals surface area contributed by atoms with Crippen LogP contribution in [0.2, 0.25) is 0 Å². The third kappa shape index (κ3) is 4.37. The molecule has 2 atom stereocenters. The van der Waals surface area contributed by atoms with E-state index in [9.17, 15) is 4.79 Å². The van der Waals surface area contributed by atoms with Crippen molar-refractivity contribution in [1.29, 1.82) is 0 Å². The summed E-state index contributed by atoms with van der Waals surface area (Å²) in [5.41, 5.74) is 1.53. The van der Waals surface area contributed by atoms with Crippen molar-refractivity contribution >= 4 is 5.78 Å². The fraction of sp³-hybridized carbons (Fsp3) is 0.682. The van der Waals surface area contributed by atoms with Gasteiger partial charge in [0.2, 0.25) is 6.79 Å². The van der Waals surface area contributed by atoms with Gasteiger partial charge < -0.3 is 9.47 Å². The Labute approximate surface area is 152 Å². The molecule has 0 N–H and O–H groups in total. The van der Waals surface area contributed by atoms with E-state index in [0.717, 1.165) is 30.8 Å². The van der Waals surface area contributed by atoms with Crippen LogP contribution in [0.5, 0.6) is 11.5 Å². The number of ketones is 1. The van der Waals surface area contributed by atoms with Crippen molar-refractivity contribution in [1.82, 2.24) is 0 Å². The quantitative estimate of drug-likeness (QED) is 0.692. The fourth-order valence-corrected chi connectivity index (χ4v) is 4.51. The van der Waals surface area contributed by atoms with Crippen molar-refractivity contribution in [3.63, 3.8) is 0 Å². The summed E-state index contributed by atoms with van der Waals surface area (Å²) in [5.74, 6) is 3.54. The van der Waals surface area contributed by atoms with Crippen LogP contribution < -0.4 is 9.47 Å². The smallest absolute Gasteiger partial charge is 0.231 e.